The first-order valence-corrected chi connectivity index (χ1v) is 9.69. The van der Waals surface area contributed by atoms with Crippen LogP contribution in [0.15, 0.2) is 11.6 Å². The second-order valence-corrected chi connectivity index (χ2v) is 9.51. The minimum atomic E-state index is -3.97. The van der Waals surface area contributed by atoms with Crippen molar-refractivity contribution in [3.05, 3.63) is 11.6 Å². The summed E-state index contributed by atoms with van der Waals surface area (Å²) < 4.78 is 31.6. The molecule has 0 radical (unpaired) electrons. The van der Waals surface area contributed by atoms with E-state index < -0.39 is 20.2 Å². The van der Waals surface area contributed by atoms with Gasteiger partial charge in [-0.15, -0.1) is 0 Å². The average Bonchev–Trinajstić information content (AvgIpc) is 3.13. The Morgan fingerprint density at radius 3 is 2.77 bits per heavy atom. The van der Waals surface area contributed by atoms with Crippen molar-refractivity contribution in [3.63, 3.8) is 0 Å². The molecule has 2 atom stereocenters. The van der Waals surface area contributed by atoms with Crippen molar-refractivity contribution >= 4 is 26.0 Å². The number of carbonyl (C=O) groups is 1. The fraction of sp³-hybridized carbons (Fsp3) is 0.800. The van der Waals surface area contributed by atoms with Gasteiger partial charge >= 0.3 is 15.3 Å². The lowest BCUT2D eigenvalue weighted by molar-refractivity contribution is -0.156. The summed E-state index contributed by atoms with van der Waals surface area (Å²) in [4.78, 5) is 12.3. The van der Waals surface area contributed by atoms with E-state index in [9.17, 15) is 13.2 Å². The number of halogens is 1. The highest BCUT2D eigenvalue weighted by molar-refractivity contribution is 8.09. The summed E-state index contributed by atoms with van der Waals surface area (Å²) in [6.45, 7) is 5.83. The second kappa shape index (κ2) is 6.13. The maximum Gasteiger partial charge on any atom is 0.355 e. The van der Waals surface area contributed by atoms with Crippen LogP contribution in [0.3, 0.4) is 0 Å². The van der Waals surface area contributed by atoms with Crippen molar-refractivity contribution in [1.29, 1.82) is 0 Å². The lowest BCUT2D eigenvalue weighted by Gasteiger charge is -2.29. The number of allylic oxidation sites excluding steroid dienone is 2. The summed E-state index contributed by atoms with van der Waals surface area (Å²) in [7, 11) is 1.05. The van der Waals surface area contributed by atoms with Gasteiger partial charge in [0.2, 0.25) is 0 Å². The van der Waals surface area contributed by atoms with Crippen molar-refractivity contribution in [3.8, 4) is 0 Å². The van der Waals surface area contributed by atoms with Gasteiger partial charge in [0.1, 0.15) is 0 Å². The summed E-state index contributed by atoms with van der Waals surface area (Å²) in [5.41, 5.74) is 0.607. The standard InChI is InChI=1S/C15H23ClO5S/c1-14(2,10-21-22(16,18)19)6-7-20-13(17)15(3)5-4-11-8-12(11)9-15/h4,12H,5-10H2,1-3H3. The molecule has 2 rings (SSSR count). The first-order valence-electron chi connectivity index (χ1n) is 7.46. The predicted molar refractivity (Wildman–Crippen MR) is 83.6 cm³/mol. The Bertz CT molecular complexity index is 581. The van der Waals surface area contributed by atoms with Crippen LogP contribution in [0.4, 0.5) is 0 Å². The largest absolute Gasteiger partial charge is 0.465 e. The van der Waals surface area contributed by atoms with Gasteiger partial charge in [-0.1, -0.05) is 25.5 Å². The lowest BCUT2D eigenvalue weighted by Crippen LogP contribution is -2.32. The SMILES string of the molecule is CC(C)(CCOC(=O)C1(C)CC=C2CC2C1)COS(=O)(=O)Cl. The smallest absolute Gasteiger partial charge is 0.355 e. The topological polar surface area (TPSA) is 69.7 Å². The lowest BCUT2D eigenvalue weighted by atomic mass is 9.79. The maximum atomic E-state index is 12.3. The third-order valence-electron chi connectivity index (χ3n) is 4.45. The molecule has 126 valence electrons. The van der Waals surface area contributed by atoms with Crippen molar-refractivity contribution < 1.29 is 22.1 Å². The van der Waals surface area contributed by atoms with Gasteiger partial charge in [-0.3, -0.25) is 8.98 Å². The number of rotatable bonds is 7. The van der Waals surface area contributed by atoms with E-state index >= 15 is 0 Å². The van der Waals surface area contributed by atoms with Crippen LogP contribution in [-0.4, -0.2) is 27.6 Å². The molecule has 1 saturated carbocycles. The zero-order valence-corrected chi connectivity index (χ0v) is 14.8. The monoisotopic (exact) mass is 350 g/mol. The van der Waals surface area contributed by atoms with E-state index in [1.165, 1.54) is 5.57 Å². The molecule has 22 heavy (non-hydrogen) atoms. The molecule has 2 aliphatic rings. The average molecular weight is 351 g/mol. The first-order chi connectivity index (χ1) is 10.0. The van der Waals surface area contributed by atoms with Gasteiger partial charge in [0.25, 0.3) is 0 Å². The van der Waals surface area contributed by atoms with Crippen molar-refractivity contribution in [2.45, 2.75) is 46.5 Å². The van der Waals surface area contributed by atoms with E-state index in [1.54, 1.807) is 0 Å². The van der Waals surface area contributed by atoms with Crippen LogP contribution in [0.25, 0.3) is 0 Å². The van der Waals surface area contributed by atoms with E-state index in [4.69, 9.17) is 15.4 Å². The second-order valence-electron chi connectivity index (χ2n) is 7.35. The highest BCUT2D eigenvalue weighted by atomic mass is 35.7. The predicted octanol–water partition coefficient (Wildman–Crippen LogP) is 3.19. The van der Waals surface area contributed by atoms with Crippen molar-refractivity contribution in [2.75, 3.05) is 13.2 Å². The molecule has 2 aliphatic carbocycles. The van der Waals surface area contributed by atoms with E-state index in [0.29, 0.717) is 12.3 Å². The zero-order chi connectivity index (χ0) is 16.6. The Hall–Kier alpha value is -0.590. The normalized spacial score (nSPS) is 27.8. The minimum absolute atomic E-state index is 0.0399. The summed E-state index contributed by atoms with van der Waals surface area (Å²) in [6.07, 6.45) is 5.41. The molecule has 0 heterocycles. The van der Waals surface area contributed by atoms with Crippen molar-refractivity contribution in [2.24, 2.45) is 16.7 Å². The molecule has 0 saturated heterocycles. The Morgan fingerprint density at radius 1 is 1.50 bits per heavy atom. The Balaban J connectivity index is 1.75. The van der Waals surface area contributed by atoms with Crippen molar-refractivity contribution in [1.82, 2.24) is 0 Å². The molecule has 0 N–H and O–H groups in total. The zero-order valence-electron chi connectivity index (χ0n) is 13.2. The number of esters is 1. The van der Waals surface area contributed by atoms with Gasteiger partial charge in [0.05, 0.1) is 18.6 Å². The van der Waals surface area contributed by atoms with Crippen LogP contribution in [0.1, 0.15) is 46.5 Å². The Morgan fingerprint density at radius 2 is 2.18 bits per heavy atom. The number of ether oxygens (including phenoxy) is 1. The van der Waals surface area contributed by atoms with Crippen LogP contribution in [0.2, 0.25) is 0 Å². The van der Waals surface area contributed by atoms with Crippen LogP contribution in [0.5, 0.6) is 0 Å². The molecule has 7 heteroatoms. The molecule has 0 spiro atoms. The summed E-state index contributed by atoms with van der Waals surface area (Å²) >= 11 is 0. The van der Waals surface area contributed by atoms with E-state index in [-0.39, 0.29) is 19.2 Å². The molecule has 0 aromatic rings. The van der Waals surface area contributed by atoms with E-state index in [1.807, 2.05) is 20.8 Å². The Labute approximate surface area is 136 Å². The van der Waals surface area contributed by atoms with Gasteiger partial charge in [0, 0.05) is 10.7 Å². The molecule has 1 fully saturated rings. The van der Waals surface area contributed by atoms with Gasteiger partial charge in [0.15, 0.2) is 0 Å². The number of hydrogen-bond acceptors (Lipinski definition) is 5. The molecule has 0 aliphatic heterocycles. The van der Waals surface area contributed by atoms with Gasteiger partial charge in [-0.25, -0.2) is 0 Å². The van der Waals surface area contributed by atoms with Crippen LogP contribution in [0, 0.1) is 16.7 Å². The first kappa shape index (κ1) is 17.8. The number of hydrogen-bond donors (Lipinski definition) is 0. The highest BCUT2D eigenvalue weighted by Crippen LogP contribution is 2.52. The highest BCUT2D eigenvalue weighted by Gasteiger charge is 2.45. The molecule has 5 nitrogen and oxygen atoms in total. The van der Waals surface area contributed by atoms with Gasteiger partial charge < -0.3 is 4.74 Å². The molecule has 2 unspecified atom stereocenters. The Kier molecular flexibility index (Phi) is 4.95. The number of carbonyl (C=O) groups excluding carboxylic acids is 1. The van der Waals surface area contributed by atoms with Crippen LogP contribution < -0.4 is 0 Å². The van der Waals surface area contributed by atoms with Gasteiger partial charge in [-0.05, 0) is 43.9 Å². The molecule has 0 bridgehead atoms. The van der Waals surface area contributed by atoms with Gasteiger partial charge in [-0.2, -0.15) is 8.42 Å². The third-order valence-corrected chi connectivity index (χ3v) is 5.12. The van der Waals surface area contributed by atoms with Crippen LogP contribution in [-0.2, 0) is 23.0 Å². The summed E-state index contributed by atoms with van der Waals surface area (Å²) in [5.74, 6) is 0.404. The number of fused-ring (bicyclic) bond motifs is 1. The quantitative estimate of drug-likeness (QED) is 0.400. The molecule has 0 amide bonds. The molecular weight excluding hydrogens is 328 g/mol. The summed E-state index contributed by atoms with van der Waals surface area (Å²) in [5, 5.41) is 0. The molecule has 0 aromatic carbocycles. The third kappa shape index (κ3) is 4.96. The fourth-order valence-electron chi connectivity index (χ4n) is 2.73. The van der Waals surface area contributed by atoms with E-state index in [2.05, 4.69) is 10.3 Å². The molecule has 0 aromatic heterocycles. The van der Waals surface area contributed by atoms with E-state index in [0.717, 1.165) is 19.3 Å². The molecular formula is C15H23ClO5S. The summed E-state index contributed by atoms with van der Waals surface area (Å²) in [6, 6.07) is 0. The fourth-order valence-corrected chi connectivity index (χ4v) is 3.32. The minimum Gasteiger partial charge on any atom is -0.465 e. The van der Waals surface area contributed by atoms with Crippen LogP contribution >= 0.6 is 10.7 Å². The maximum absolute atomic E-state index is 12.3.